The quantitative estimate of drug-likeness (QED) is 0.859. The van der Waals surface area contributed by atoms with Crippen molar-refractivity contribution in [1.29, 1.82) is 5.26 Å². The summed E-state index contributed by atoms with van der Waals surface area (Å²) >= 11 is 5.84. The molecule has 4 heteroatoms. The van der Waals surface area contributed by atoms with Gasteiger partial charge < -0.3 is 10.1 Å². The normalized spacial score (nSPS) is 24.1. The number of ether oxygens (including phenoxy) is 1. The Morgan fingerprint density at radius 1 is 1.56 bits per heavy atom. The molecule has 1 fully saturated rings. The number of halogens is 1. The molecule has 0 aliphatic carbocycles. The molecule has 84 valence electrons. The second kappa shape index (κ2) is 4.32. The van der Waals surface area contributed by atoms with E-state index in [1.807, 2.05) is 6.07 Å². The van der Waals surface area contributed by atoms with Crippen molar-refractivity contribution in [1.82, 2.24) is 0 Å². The lowest BCUT2D eigenvalue weighted by Crippen LogP contribution is -2.35. The number of nitrogens with zero attached hydrogens (tertiary/aromatic N) is 1. The molecule has 2 rings (SSSR count). The minimum Gasteiger partial charge on any atom is -0.379 e. The van der Waals surface area contributed by atoms with Crippen molar-refractivity contribution in [3.8, 4) is 6.07 Å². The van der Waals surface area contributed by atoms with E-state index >= 15 is 0 Å². The van der Waals surface area contributed by atoms with Crippen LogP contribution in [0.25, 0.3) is 0 Å². The van der Waals surface area contributed by atoms with Gasteiger partial charge >= 0.3 is 0 Å². The Bertz CT molecular complexity index is 433. The maximum atomic E-state index is 9.02. The largest absolute Gasteiger partial charge is 0.379 e. The Kier molecular flexibility index (Phi) is 3.04. The SMILES string of the molecule is CC1(Nc2ccc(Cl)cc2C#N)CCOC1. The van der Waals surface area contributed by atoms with E-state index in [0.717, 1.165) is 18.7 Å². The van der Waals surface area contributed by atoms with Gasteiger partial charge in [0.05, 0.1) is 23.4 Å². The summed E-state index contributed by atoms with van der Waals surface area (Å²) in [5.41, 5.74) is 1.31. The molecule has 1 N–H and O–H groups in total. The first-order valence-electron chi connectivity index (χ1n) is 5.19. The van der Waals surface area contributed by atoms with Crippen LogP contribution in [0.3, 0.4) is 0 Å². The Hall–Kier alpha value is -1.24. The van der Waals surface area contributed by atoms with Gasteiger partial charge in [-0.3, -0.25) is 0 Å². The molecular formula is C12H13ClN2O. The highest BCUT2D eigenvalue weighted by Gasteiger charge is 2.29. The molecule has 0 spiro atoms. The Balaban J connectivity index is 2.24. The summed E-state index contributed by atoms with van der Waals surface area (Å²) in [7, 11) is 0. The molecule has 0 amide bonds. The van der Waals surface area contributed by atoms with Crippen LogP contribution in [-0.2, 0) is 4.74 Å². The molecule has 1 saturated heterocycles. The zero-order valence-electron chi connectivity index (χ0n) is 9.09. The molecule has 3 nitrogen and oxygen atoms in total. The van der Waals surface area contributed by atoms with Gasteiger partial charge in [0.15, 0.2) is 0 Å². The van der Waals surface area contributed by atoms with E-state index in [2.05, 4.69) is 18.3 Å². The molecular weight excluding hydrogens is 224 g/mol. The molecule has 1 aliphatic heterocycles. The molecule has 1 aromatic rings. The standard InChI is InChI=1S/C12H13ClN2O/c1-12(4-5-16-8-12)15-11-3-2-10(13)6-9(11)7-14/h2-3,6,15H,4-5,8H2,1H3. The lowest BCUT2D eigenvalue weighted by molar-refractivity contribution is 0.185. The predicted molar refractivity (Wildman–Crippen MR) is 63.6 cm³/mol. The van der Waals surface area contributed by atoms with E-state index in [1.54, 1.807) is 12.1 Å². The highest BCUT2D eigenvalue weighted by Crippen LogP contribution is 2.27. The maximum absolute atomic E-state index is 9.02. The van der Waals surface area contributed by atoms with Crippen molar-refractivity contribution >= 4 is 17.3 Å². The van der Waals surface area contributed by atoms with Gasteiger partial charge in [-0.15, -0.1) is 0 Å². The lowest BCUT2D eigenvalue weighted by Gasteiger charge is -2.25. The molecule has 0 saturated carbocycles. The second-order valence-electron chi connectivity index (χ2n) is 4.29. The van der Waals surface area contributed by atoms with Crippen molar-refractivity contribution in [3.63, 3.8) is 0 Å². The van der Waals surface area contributed by atoms with Crippen molar-refractivity contribution < 1.29 is 4.74 Å². The third-order valence-corrected chi connectivity index (χ3v) is 2.99. The number of hydrogen-bond acceptors (Lipinski definition) is 3. The highest BCUT2D eigenvalue weighted by atomic mass is 35.5. The zero-order valence-corrected chi connectivity index (χ0v) is 9.84. The van der Waals surface area contributed by atoms with Crippen molar-refractivity contribution in [2.45, 2.75) is 18.9 Å². The first kappa shape index (κ1) is 11.3. The van der Waals surface area contributed by atoms with Crippen LogP contribution in [0.1, 0.15) is 18.9 Å². The third kappa shape index (κ3) is 2.29. The monoisotopic (exact) mass is 236 g/mol. The van der Waals surface area contributed by atoms with Crippen LogP contribution < -0.4 is 5.32 Å². The van der Waals surface area contributed by atoms with Crippen LogP contribution in [0.4, 0.5) is 5.69 Å². The van der Waals surface area contributed by atoms with E-state index in [9.17, 15) is 0 Å². The molecule has 1 atom stereocenters. The van der Waals surface area contributed by atoms with E-state index in [0.29, 0.717) is 17.2 Å². The fourth-order valence-corrected chi connectivity index (χ4v) is 1.98. The first-order valence-corrected chi connectivity index (χ1v) is 5.56. The summed E-state index contributed by atoms with van der Waals surface area (Å²) < 4.78 is 5.36. The zero-order chi connectivity index (χ0) is 11.6. The summed E-state index contributed by atoms with van der Waals surface area (Å²) in [6.07, 6.45) is 0.945. The first-order chi connectivity index (χ1) is 7.63. The van der Waals surface area contributed by atoms with Crippen LogP contribution in [0, 0.1) is 11.3 Å². The number of nitriles is 1. The molecule has 1 heterocycles. The number of nitrogens with one attached hydrogen (secondary N) is 1. The van der Waals surface area contributed by atoms with E-state index in [4.69, 9.17) is 21.6 Å². The topological polar surface area (TPSA) is 45.0 Å². The van der Waals surface area contributed by atoms with Crippen LogP contribution in [0.15, 0.2) is 18.2 Å². The summed E-state index contributed by atoms with van der Waals surface area (Å²) in [6.45, 7) is 3.52. The van der Waals surface area contributed by atoms with E-state index in [1.165, 1.54) is 0 Å². The molecule has 1 aromatic carbocycles. The minimum absolute atomic E-state index is 0.0839. The lowest BCUT2D eigenvalue weighted by atomic mass is 10.0. The van der Waals surface area contributed by atoms with Gasteiger partial charge in [0.1, 0.15) is 6.07 Å². The van der Waals surface area contributed by atoms with Crippen molar-refractivity contribution in [2.24, 2.45) is 0 Å². The number of anilines is 1. The number of rotatable bonds is 2. The summed E-state index contributed by atoms with van der Waals surface area (Å²) in [5, 5.41) is 13.0. The number of hydrogen-bond donors (Lipinski definition) is 1. The van der Waals surface area contributed by atoms with Crippen molar-refractivity contribution in [3.05, 3.63) is 28.8 Å². The van der Waals surface area contributed by atoms with Crippen LogP contribution >= 0.6 is 11.6 Å². The van der Waals surface area contributed by atoms with Crippen molar-refractivity contribution in [2.75, 3.05) is 18.5 Å². The second-order valence-corrected chi connectivity index (χ2v) is 4.73. The summed E-state index contributed by atoms with van der Waals surface area (Å²) in [5.74, 6) is 0. The van der Waals surface area contributed by atoms with Gasteiger partial charge in [-0.1, -0.05) is 11.6 Å². The Morgan fingerprint density at radius 2 is 2.38 bits per heavy atom. The average Bonchev–Trinajstić information content (AvgIpc) is 2.68. The molecule has 1 unspecified atom stereocenters. The van der Waals surface area contributed by atoms with E-state index in [-0.39, 0.29) is 5.54 Å². The minimum atomic E-state index is -0.0839. The van der Waals surface area contributed by atoms with Gasteiger partial charge in [0, 0.05) is 11.6 Å². The van der Waals surface area contributed by atoms with Crippen LogP contribution in [-0.4, -0.2) is 18.8 Å². The smallest absolute Gasteiger partial charge is 0.101 e. The van der Waals surface area contributed by atoms with Gasteiger partial charge in [-0.05, 0) is 31.5 Å². The van der Waals surface area contributed by atoms with E-state index < -0.39 is 0 Å². The summed E-state index contributed by atoms with van der Waals surface area (Å²) in [6, 6.07) is 7.43. The third-order valence-electron chi connectivity index (χ3n) is 2.76. The van der Waals surface area contributed by atoms with Gasteiger partial charge in [0.25, 0.3) is 0 Å². The van der Waals surface area contributed by atoms with Gasteiger partial charge in [-0.2, -0.15) is 5.26 Å². The van der Waals surface area contributed by atoms with Gasteiger partial charge in [-0.25, -0.2) is 0 Å². The molecule has 0 radical (unpaired) electrons. The van der Waals surface area contributed by atoms with Crippen LogP contribution in [0.5, 0.6) is 0 Å². The average molecular weight is 237 g/mol. The Morgan fingerprint density at radius 3 is 3.00 bits per heavy atom. The fraction of sp³-hybridized carbons (Fsp3) is 0.417. The summed E-state index contributed by atoms with van der Waals surface area (Å²) in [4.78, 5) is 0. The predicted octanol–water partition coefficient (Wildman–Crippen LogP) is 2.80. The maximum Gasteiger partial charge on any atom is 0.101 e. The molecule has 0 aromatic heterocycles. The highest BCUT2D eigenvalue weighted by molar-refractivity contribution is 6.30. The van der Waals surface area contributed by atoms with Gasteiger partial charge in [0.2, 0.25) is 0 Å². The molecule has 16 heavy (non-hydrogen) atoms. The molecule has 1 aliphatic rings. The fourth-order valence-electron chi connectivity index (χ4n) is 1.81. The number of benzene rings is 1. The Labute approximate surface area is 100.0 Å². The molecule has 0 bridgehead atoms. The van der Waals surface area contributed by atoms with Crippen LogP contribution in [0.2, 0.25) is 5.02 Å².